The monoisotopic (exact) mass is 286 g/mol. The summed E-state index contributed by atoms with van der Waals surface area (Å²) < 4.78 is 0. The normalized spacial score (nSPS) is 10.8. The third-order valence-corrected chi connectivity index (χ3v) is 3.99. The molecule has 2 heteroatoms. The highest BCUT2D eigenvalue weighted by atomic mass is 14.9. The van der Waals surface area contributed by atoms with Crippen LogP contribution in [-0.2, 0) is 6.54 Å². The van der Waals surface area contributed by atoms with Gasteiger partial charge in [0.1, 0.15) is 0 Å². The minimum absolute atomic E-state index is 0.638. The molecule has 0 aliphatic heterocycles. The first-order chi connectivity index (χ1) is 10.3. The zero-order valence-electron chi connectivity index (χ0n) is 13.7. The predicted molar refractivity (Wildman–Crippen MR) is 90.1 cm³/mol. The Morgan fingerprint density at radius 1 is 0.952 bits per heavy atom. The Morgan fingerprint density at radius 2 is 1.52 bits per heavy atom. The summed E-state index contributed by atoms with van der Waals surface area (Å²) in [6, 6.07) is 10.7. The van der Waals surface area contributed by atoms with Crippen molar-refractivity contribution in [2.75, 3.05) is 0 Å². The quantitative estimate of drug-likeness (QED) is 0.569. The second-order valence-corrected chi connectivity index (χ2v) is 5.88. The summed E-state index contributed by atoms with van der Waals surface area (Å²) in [5, 5.41) is 12.5. The summed E-state index contributed by atoms with van der Waals surface area (Å²) in [5.41, 5.74) is 2.01. The molecule has 0 radical (unpaired) electrons. The molecule has 0 atom stereocenters. The van der Waals surface area contributed by atoms with Gasteiger partial charge < -0.3 is 5.32 Å². The molecule has 0 unspecified atom stereocenters. The van der Waals surface area contributed by atoms with E-state index in [0.29, 0.717) is 6.04 Å². The van der Waals surface area contributed by atoms with Crippen LogP contribution in [0.3, 0.4) is 0 Å². The second-order valence-electron chi connectivity index (χ2n) is 5.88. The molecular formula is C19H30N2. The maximum absolute atomic E-state index is 8.82. The van der Waals surface area contributed by atoms with Gasteiger partial charge in [-0.3, -0.25) is 0 Å². The van der Waals surface area contributed by atoms with E-state index in [2.05, 4.69) is 37.4 Å². The first kappa shape index (κ1) is 17.7. The molecule has 0 spiro atoms. The van der Waals surface area contributed by atoms with E-state index in [1.54, 1.807) is 0 Å². The van der Waals surface area contributed by atoms with Gasteiger partial charge >= 0.3 is 0 Å². The maximum atomic E-state index is 8.82. The minimum atomic E-state index is 0.638. The largest absolute Gasteiger partial charge is 0.310 e. The Balaban J connectivity index is 2.40. The lowest BCUT2D eigenvalue weighted by molar-refractivity contribution is 0.417. The smallest absolute Gasteiger partial charge is 0.0991 e. The van der Waals surface area contributed by atoms with Crippen LogP contribution in [0.2, 0.25) is 0 Å². The Bertz CT molecular complexity index is 393. The number of hydrogen-bond acceptors (Lipinski definition) is 2. The van der Waals surface area contributed by atoms with Crippen LogP contribution in [-0.4, -0.2) is 6.04 Å². The Labute approximate surface area is 130 Å². The number of hydrogen-bond donors (Lipinski definition) is 1. The molecule has 1 aromatic rings. The molecule has 0 amide bonds. The van der Waals surface area contributed by atoms with Crippen molar-refractivity contribution in [3.63, 3.8) is 0 Å². The fourth-order valence-corrected chi connectivity index (χ4v) is 2.59. The van der Waals surface area contributed by atoms with Crippen molar-refractivity contribution in [1.29, 1.82) is 5.26 Å². The van der Waals surface area contributed by atoms with Gasteiger partial charge in [0.15, 0.2) is 0 Å². The summed E-state index contributed by atoms with van der Waals surface area (Å²) in [6.45, 7) is 5.43. The molecular weight excluding hydrogens is 256 g/mol. The average molecular weight is 286 g/mol. The van der Waals surface area contributed by atoms with E-state index in [1.165, 1.54) is 56.9 Å². The number of unbranched alkanes of at least 4 members (excludes halogenated alkanes) is 4. The summed E-state index contributed by atoms with van der Waals surface area (Å²) in [6.07, 6.45) is 10.5. The first-order valence-electron chi connectivity index (χ1n) is 8.52. The van der Waals surface area contributed by atoms with Gasteiger partial charge in [-0.2, -0.15) is 5.26 Å². The number of nitrogens with zero attached hydrogens (tertiary/aromatic N) is 1. The molecule has 0 heterocycles. The summed E-state index contributed by atoms with van der Waals surface area (Å²) >= 11 is 0. The molecule has 1 N–H and O–H groups in total. The fourth-order valence-electron chi connectivity index (χ4n) is 2.59. The van der Waals surface area contributed by atoms with Gasteiger partial charge in [0.25, 0.3) is 0 Å². The highest BCUT2D eigenvalue weighted by Crippen LogP contribution is 2.12. The van der Waals surface area contributed by atoms with Crippen LogP contribution in [0.15, 0.2) is 24.3 Å². The Kier molecular flexibility index (Phi) is 9.57. The molecule has 21 heavy (non-hydrogen) atoms. The lowest BCUT2D eigenvalue weighted by atomic mass is 10.0. The molecule has 0 bridgehead atoms. The highest BCUT2D eigenvalue weighted by Gasteiger charge is 2.07. The van der Waals surface area contributed by atoms with Gasteiger partial charge in [-0.25, -0.2) is 0 Å². The Morgan fingerprint density at radius 3 is 2.00 bits per heavy atom. The van der Waals surface area contributed by atoms with E-state index in [4.69, 9.17) is 5.26 Å². The number of nitrogens with one attached hydrogen (secondary N) is 1. The van der Waals surface area contributed by atoms with Gasteiger partial charge in [0, 0.05) is 12.6 Å². The zero-order valence-corrected chi connectivity index (χ0v) is 13.7. The van der Waals surface area contributed by atoms with Crippen molar-refractivity contribution in [3.05, 3.63) is 35.4 Å². The van der Waals surface area contributed by atoms with Gasteiger partial charge in [-0.15, -0.1) is 0 Å². The predicted octanol–water partition coefficient (Wildman–Crippen LogP) is 5.18. The van der Waals surface area contributed by atoms with E-state index in [-0.39, 0.29) is 0 Å². The number of benzene rings is 1. The standard InChI is InChI=1S/C19H30N2/c1-3-5-7-9-19(10-8-6-4-2)21-16-18-13-11-17(15-20)12-14-18/h11-14,19,21H,3-10,16H2,1-2H3. The molecule has 2 nitrogen and oxygen atoms in total. The molecule has 0 aliphatic rings. The van der Waals surface area contributed by atoms with Crippen molar-refractivity contribution in [2.45, 2.75) is 77.8 Å². The Hall–Kier alpha value is -1.33. The number of rotatable bonds is 11. The van der Waals surface area contributed by atoms with Gasteiger partial charge in [0.2, 0.25) is 0 Å². The van der Waals surface area contributed by atoms with Crippen molar-refractivity contribution >= 4 is 0 Å². The van der Waals surface area contributed by atoms with Crippen molar-refractivity contribution < 1.29 is 0 Å². The molecule has 0 aromatic heterocycles. The van der Waals surface area contributed by atoms with Crippen LogP contribution >= 0.6 is 0 Å². The topological polar surface area (TPSA) is 35.8 Å². The second kappa shape index (κ2) is 11.3. The van der Waals surface area contributed by atoms with E-state index in [9.17, 15) is 0 Å². The van der Waals surface area contributed by atoms with Crippen LogP contribution in [0.25, 0.3) is 0 Å². The van der Waals surface area contributed by atoms with E-state index in [1.807, 2.05) is 12.1 Å². The first-order valence-corrected chi connectivity index (χ1v) is 8.52. The van der Waals surface area contributed by atoms with Crippen LogP contribution in [0, 0.1) is 11.3 Å². The molecule has 0 fully saturated rings. The minimum Gasteiger partial charge on any atom is -0.310 e. The van der Waals surface area contributed by atoms with Crippen molar-refractivity contribution in [3.8, 4) is 6.07 Å². The molecule has 1 rings (SSSR count). The lowest BCUT2D eigenvalue weighted by Gasteiger charge is -2.19. The molecule has 0 saturated carbocycles. The summed E-state index contributed by atoms with van der Waals surface area (Å²) in [7, 11) is 0. The average Bonchev–Trinajstić information content (AvgIpc) is 2.53. The molecule has 0 aliphatic carbocycles. The van der Waals surface area contributed by atoms with Crippen LogP contribution < -0.4 is 5.32 Å². The fraction of sp³-hybridized carbons (Fsp3) is 0.632. The van der Waals surface area contributed by atoms with Crippen LogP contribution in [0.1, 0.15) is 76.3 Å². The van der Waals surface area contributed by atoms with Crippen molar-refractivity contribution in [2.24, 2.45) is 0 Å². The third kappa shape index (κ3) is 7.87. The third-order valence-electron chi connectivity index (χ3n) is 3.99. The maximum Gasteiger partial charge on any atom is 0.0991 e. The molecule has 0 saturated heterocycles. The molecule has 116 valence electrons. The van der Waals surface area contributed by atoms with Crippen LogP contribution in [0.5, 0.6) is 0 Å². The van der Waals surface area contributed by atoms with E-state index >= 15 is 0 Å². The van der Waals surface area contributed by atoms with Crippen molar-refractivity contribution in [1.82, 2.24) is 5.32 Å². The van der Waals surface area contributed by atoms with E-state index in [0.717, 1.165) is 12.1 Å². The van der Waals surface area contributed by atoms with Crippen LogP contribution in [0.4, 0.5) is 0 Å². The van der Waals surface area contributed by atoms with Gasteiger partial charge in [0.05, 0.1) is 11.6 Å². The summed E-state index contributed by atoms with van der Waals surface area (Å²) in [4.78, 5) is 0. The zero-order chi connectivity index (χ0) is 15.3. The summed E-state index contributed by atoms with van der Waals surface area (Å²) in [5.74, 6) is 0. The van der Waals surface area contributed by atoms with Gasteiger partial charge in [-0.1, -0.05) is 64.5 Å². The highest BCUT2D eigenvalue weighted by molar-refractivity contribution is 5.31. The van der Waals surface area contributed by atoms with Gasteiger partial charge in [-0.05, 0) is 30.5 Å². The molecule has 1 aromatic carbocycles. The number of nitriles is 1. The van der Waals surface area contributed by atoms with E-state index < -0.39 is 0 Å². The SMILES string of the molecule is CCCCCC(CCCCC)NCc1ccc(C#N)cc1. The lowest BCUT2D eigenvalue weighted by Crippen LogP contribution is -2.28.